The summed E-state index contributed by atoms with van der Waals surface area (Å²) in [7, 11) is 0.347. The fourth-order valence-corrected chi connectivity index (χ4v) is 0.489. The fourth-order valence-electron chi connectivity index (χ4n) is 0.269. The van der Waals surface area contributed by atoms with Crippen molar-refractivity contribution in [3.63, 3.8) is 0 Å². The summed E-state index contributed by atoms with van der Waals surface area (Å²) < 4.78 is 4.60. The van der Waals surface area contributed by atoms with Gasteiger partial charge in [0, 0.05) is 12.2 Å². The van der Waals surface area contributed by atoms with Crippen LogP contribution in [0.15, 0.2) is 12.7 Å². The highest BCUT2D eigenvalue weighted by molar-refractivity contribution is 7.35. The molecule has 3 nitrogen and oxygen atoms in total. The summed E-state index contributed by atoms with van der Waals surface area (Å²) in [6.07, 6.45) is 1.87. The molecular formula is C5H10NO2P. The molecule has 9 heavy (non-hydrogen) atoms. The molecule has 4 heteroatoms. The van der Waals surface area contributed by atoms with Gasteiger partial charge >= 0.3 is 5.97 Å². The van der Waals surface area contributed by atoms with E-state index in [1.807, 2.05) is 0 Å². The smallest absolute Gasteiger partial charge is 0.330 e. The second-order valence-corrected chi connectivity index (χ2v) is 2.23. The first-order valence-electron chi connectivity index (χ1n) is 2.54. The fraction of sp³-hybridized carbons (Fsp3) is 0.400. The Labute approximate surface area is 56.1 Å². The van der Waals surface area contributed by atoms with E-state index in [9.17, 15) is 4.79 Å². The quantitative estimate of drug-likeness (QED) is 0.269. The van der Waals surface area contributed by atoms with E-state index in [1.54, 1.807) is 0 Å². The zero-order valence-corrected chi connectivity index (χ0v) is 6.09. The minimum Gasteiger partial charge on any atom is -0.462 e. The van der Waals surface area contributed by atoms with Crippen LogP contribution in [0.5, 0.6) is 0 Å². The normalized spacial score (nSPS) is 9.89. The lowest BCUT2D eigenvalue weighted by atomic mass is 10.6. The lowest BCUT2D eigenvalue weighted by molar-refractivity contribution is -0.137. The molecule has 0 aromatic carbocycles. The number of ether oxygens (including phenoxy) is 1. The first kappa shape index (κ1) is 8.60. The Bertz CT molecular complexity index is 105. The maximum absolute atomic E-state index is 10.3. The van der Waals surface area contributed by atoms with Gasteiger partial charge in [0.1, 0.15) is 0 Å². The third-order valence-electron chi connectivity index (χ3n) is 0.657. The Hall–Kier alpha value is -0.400. The standard InChI is InChI=1S/C5H10NO2P/c1-2-5(7)8-3-4-9-6/h2,9H,1,3-4,6H2. The van der Waals surface area contributed by atoms with Gasteiger partial charge in [-0.25, -0.2) is 4.79 Å². The molecular weight excluding hydrogens is 137 g/mol. The third kappa shape index (κ3) is 5.47. The van der Waals surface area contributed by atoms with Gasteiger partial charge in [0.15, 0.2) is 0 Å². The highest BCUT2D eigenvalue weighted by Gasteiger charge is 1.91. The van der Waals surface area contributed by atoms with E-state index in [2.05, 4.69) is 11.3 Å². The SMILES string of the molecule is C=CC(=O)OCCPN. The van der Waals surface area contributed by atoms with Crippen molar-refractivity contribution in [3.05, 3.63) is 12.7 Å². The molecule has 0 amide bonds. The minimum atomic E-state index is -0.381. The molecule has 0 aromatic rings. The van der Waals surface area contributed by atoms with Crippen LogP contribution in [0.25, 0.3) is 0 Å². The molecule has 0 rings (SSSR count). The van der Waals surface area contributed by atoms with Crippen LogP contribution in [0.4, 0.5) is 0 Å². The first-order chi connectivity index (χ1) is 4.31. The van der Waals surface area contributed by atoms with Gasteiger partial charge in [-0.15, -0.1) is 0 Å². The van der Waals surface area contributed by atoms with Crippen molar-refractivity contribution >= 4 is 14.7 Å². The Kier molecular flexibility index (Phi) is 5.48. The molecule has 0 aliphatic heterocycles. The van der Waals surface area contributed by atoms with Gasteiger partial charge in [-0.1, -0.05) is 15.3 Å². The van der Waals surface area contributed by atoms with Gasteiger partial charge in [0.05, 0.1) is 6.61 Å². The molecule has 1 unspecified atom stereocenters. The van der Waals surface area contributed by atoms with E-state index in [-0.39, 0.29) is 5.97 Å². The van der Waals surface area contributed by atoms with Gasteiger partial charge in [-0.3, -0.25) is 0 Å². The first-order valence-corrected chi connectivity index (χ1v) is 3.82. The molecule has 0 heterocycles. The molecule has 0 aromatic heterocycles. The summed E-state index contributed by atoms with van der Waals surface area (Å²) in [5.41, 5.74) is 5.17. The van der Waals surface area contributed by atoms with Gasteiger partial charge in [0.2, 0.25) is 0 Å². The molecule has 0 bridgehead atoms. The predicted molar refractivity (Wildman–Crippen MR) is 38.5 cm³/mol. The summed E-state index contributed by atoms with van der Waals surface area (Å²) >= 11 is 0. The van der Waals surface area contributed by atoms with Gasteiger partial charge in [0.25, 0.3) is 0 Å². The highest BCUT2D eigenvalue weighted by atomic mass is 31.1. The van der Waals surface area contributed by atoms with Crippen molar-refractivity contribution in [3.8, 4) is 0 Å². The molecule has 0 spiro atoms. The van der Waals surface area contributed by atoms with Crippen LogP contribution >= 0.6 is 8.73 Å². The van der Waals surface area contributed by atoms with Crippen molar-refractivity contribution in [1.82, 2.24) is 0 Å². The van der Waals surface area contributed by atoms with Crippen molar-refractivity contribution in [2.45, 2.75) is 0 Å². The van der Waals surface area contributed by atoms with Crippen LogP contribution in [0, 0.1) is 0 Å². The average molecular weight is 147 g/mol. The van der Waals surface area contributed by atoms with Crippen molar-refractivity contribution in [1.29, 1.82) is 0 Å². The van der Waals surface area contributed by atoms with Crippen LogP contribution < -0.4 is 5.50 Å². The summed E-state index contributed by atoms with van der Waals surface area (Å²) in [6.45, 7) is 3.64. The molecule has 0 saturated heterocycles. The topological polar surface area (TPSA) is 52.3 Å². The maximum atomic E-state index is 10.3. The lowest BCUT2D eigenvalue weighted by Crippen LogP contribution is -2.03. The second-order valence-electron chi connectivity index (χ2n) is 1.33. The molecule has 0 aliphatic carbocycles. The van der Waals surface area contributed by atoms with Gasteiger partial charge < -0.3 is 10.2 Å². The number of esters is 1. The van der Waals surface area contributed by atoms with E-state index in [0.717, 1.165) is 12.2 Å². The van der Waals surface area contributed by atoms with E-state index in [0.29, 0.717) is 15.3 Å². The summed E-state index contributed by atoms with van der Waals surface area (Å²) in [4.78, 5) is 10.3. The summed E-state index contributed by atoms with van der Waals surface area (Å²) in [5, 5.41) is 0. The zero-order valence-electron chi connectivity index (χ0n) is 5.09. The highest BCUT2D eigenvalue weighted by Crippen LogP contribution is 1.93. The number of nitrogens with two attached hydrogens (primary N) is 1. The molecule has 0 aliphatic rings. The Morgan fingerprint density at radius 3 is 3.00 bits per heavy atom. The maximum Gasteiger partial charge on any atom is 0.330 e. The van der Waals surface area contributed by atoms with Crippen LogP contribution in [0.2, 0.25) is 0 Å². The van der Waals surface area contributed by atoms with Crippen LogP contribution in [0.3, 0.4) is 0 Å². The number of hydrogen-bond acceptors (Lipinski definition) is 3. The summed E-state index contributed by atoms with van der Waals surface area (Å²) in [5.74, 6) is -0.381. The molecule has 2 N–H and O–H groups in total. The van der Waals surface area contributed by atoms with E-state index in [4.69, 9.17) is 5.50 Å². The van der Waals surface area contributed by atoms with E-state index >= 15 is 0 Å². The van der Waals surface area contributed by atoms with Crippen LogP contribution in [0.1, 0.15) is 0 Å². The van der Waals surface area contributed by atoms with Crippen molar-refractivity contribution < 1.29 is 9.53 Å². The third-order valence-corrected chi connectivity index (χ3v) is 1.15. The monoisotopic (exact) mass is 147 g/mol. The lowest BCUT2D eigenvalue weighted by Gasteiger charge is -1.97. The molecule has 0 radical (unpaired) electrons. The molecule has 0 saturated carbocycles. The van der Waals surface area contributed by atoms with Gasteiger partial charge in [-0.2, -0.15) is 0 Å². The second kappa shape index (κ2) is 5.73. The Morgan fingerprint density at radius 1 is 1.89 bits per heavy atom. The van der Waals surface area contributed by atoms with Crippen molar-refractivity contribution in [2.75, 3.05) is 12.8 Å². The Balaban J connectivity index is 3.07. The van der Waals surface area contributed by atoms with E-state index in [1.165, 1.54) is 0 Å². The average Bonchev–Trinajstić information content (AvgIpc) is 1.89. The van der Waals surface area contributed by atoms with Crippen LogP contribution in [-0.4, -0.2) is 18.7 Å². The molecule has 1 atom stereocenters. The Morgan fingerprint density at radius 2 is 2.56 bits per heavy atom. The number of rotatable bonds is 4. The number of carbonyl (C=O) groups is 1. The molecule has 0 fully saturated rings. The summed E-state index contributed by atoms with van der Waals surface area (Å²) in [6, 6.07) is 0. The zero-order chi connectivity index (χ0) is 7.11. The number of hydrogen-bond donors (Lipinski definition) is 1. The predicted octanol–water partition coefficient (Wildman–Crippen LogP) is 0.268. The minimum absolute atomic E-state index is 0.347. The van der Waals surface area contributed by atoms with Crippen molar-refractivity contribution in [2.24, 2.45) is 5.50 Å². The van der Waals surface area contributed by atoms with Gasteiger partial charge in [-0.05, 0) is 0 Å². The number of carbonyl (C=O) groups excluding carboxylic acids is 1. The van der Waals surface area contributed by atoms with Crippen LogP contribution in [-0.2, 0) is 9.53 Å². The van der Waals surface area contributed by atoms with E-state index < -0.39 is 0 Å². The largest absolute Gasteiger partial charge is 0.462 e. The molecule has 52 valence electrons.